The van der Waals surface area contributed by atoms with Gasteiger partial charge in [-0.1, -0.05) is 37.5 Å². The van der Waals surface area contributed by atoms with Gasteiger partial charge in [0.2, 0.25) is 0 Å². The minimum atomic E-state index is -3.21. The topological polar surface area (TPSA) is 70.6 Å². The van der Waals surface area contributed by atoms with Crippen LogP contribution in [0.3, 0.4) is 0 Å². The highest BCUT2D eigenvalue weighted by molar-refractivity contribution is 14.0. The third-order valence-corrected chi connectivity index (χ3v) is 6.05. The first kappa shape index (κ1) is 22.2. The molecule has 0 aliphatic heterocycles. The number of guanidine groups is 1. The molecular formula is C18H30IN3O2S. The molecule has 1 aromatic carbocycles. The van der Waals surface area contributed by atoms with Crippen molar-refractivity contribution in [2.24, 2.45) is 4.99 Å². The molecule has 1 fully saturated rings. The Balaban J connectivity index is 0.00000312. The molecule has 0 amide bonds. The predicted molar refractivity (Wildman–Crippen MR) is 115 cm³/mol. The molecule has 0 spiro atoms. The molecule has 0 radical (unpaired) electrons. The van der Waals surface area contributed by atoms with E-state index in [1.165, 1.54) is 32.1 Å². The molecule has 1 saturated carbocycles. The van der Waals surface area contributed by atoms with Crippen molar-refractivity contribution in [3.63, 3.8) is 0 Å². The maximum absolute atomic E-state index is 12.2. The Bertz CT molecular complexity index is 614. The van der Waals surface area contributed by atoms with E-state index in [1.807, 2.05) is 13.0 Å². The molecule has 1 aromatic rings. The van der Waals surface area contributed by atoms with Crippen LogP contribution in [0.5, 0.6) is 0 Å². The summed E-state index contributed by atoms with van der Waals surface area (Å²) in [6, 6.07) is 9.11. The second kappa shape index (κ2) is 11.7. The molecule has 2 rings (SSSR count). The van der Waals surface area contributed by atoms with Crippen molar-refractivity contribution >= 4 is 39.8 Å². The lowest BCUT2D eigenvalue weighted by atomic mass is 9.96. The first-order valence-corrected chi connectivity index (χ1v) is 10.6. The van der Waals surface area contributed by atoms with Crippen molar-refractivity contribution < 1.29 is 8.42 Å². The highest BCUT2D eigenvalue weighted by Crippen LogP contribution is 2.17. The molecule has 1 aliphatic carbocycles. The van der Waals surface area contributed by atoms with E-state index >= 15 is 0 Å². The zero-order valence-electron chi connectivity index (χ0n) is 14.9. The monoisotopic (exact) mass is 479 g/mol. The molecule has 5 nitrogen and oxygen atoms in total. The van der Waals surface area contributed by atoms with Crippen molar-refractivity contribution in [2.75, 3.05) is 18.8 Å². The molecule has 2 N–H and O–H groups in total. The van der Waals surface area contributed by atoms with Crippen LogP contribution in [0.4, 0.5) is 0 Å². The molecule has 0 aromatic heterocycles. The minimum Gasteiger partial charge on any atom is -0.357 e. The number of nitrogens with one attached hydrogen (secondary N) is 2. The van der Waals surface area contributed by atoms with Crippen LogP contribution in [-0.2, 0) is 9.84 Å². The SMILES string of the molecule is CCNC(=NCCCS(=O)(=O)c1ccccc1)NC1CCCCC1.I. The van der Waals surface area contributed by atoms with Gasteiger partial charge in [-0.25, -0.2) is 8.42 Å². The first-order valence-electron chi connectivity index (χ1n) is 8.94. The molecule has 0 atom stereocenters. The lowest BCUT2D eigenvalue weighted by Gasteiger charge is -2.24. The summed E-state index contributed by atoms with van der Waals surface area (Å²) in [6.07, 6.45) is 6.76. The summed E-state index contributed by atoms with van der Waals surface area (Å²) >= 11 is 0. The van der Waals surface area contributed by atoms with Crippen LogP contribution in [0.25, 0.3) is 0 Å². The summed E-state index contributed by atoms with van der Waals surface area (Å²) in [5, 5.41) is 6.72. The summed E-state index contributed by atoms with van der Waals surface area (Å²) in [5.41, 5.74) is 0. The highest BCUT2D eigenvalue weighted by Gasteiger charge is 2.15. The molecule has 142 valence electrons. The summed E-state index contributed by atoms with van der Waals surface area (Å²) < 4.78 is 24.5. The van der Waals surface area contributed by atoms with Crippen LogP contribution in [-0.4, -0.2) is 39.3 Å². The number of aliphatic imine (C=N–C) groups is 1. The second-order valence-electron chi connectivity index (χ2n) is 6.23. The standard InChI is InChI=1S/C18H29N3O2S.HI/c1-2-19-18(21-16-10-5-3-6-11-16)20-14-9-15-24(22,23)17-12-7-4-8-13-17;/h4,7-8,12-13,16H,2-3,5-6,9-11,14-15H2,1H3,(H2,19,20,21);1H. The van der Waals surface area contributed by atoms with Crippen LogP contribution in [0.2, 0.25) is 0 Å². The van der Waals surface area contributed by atoms with Gasteiger partial charge in [0.05, 0.1) is 10.6 Å². The average Bonchev–Trinajstić information content (AvgIpc) is 2.60. The normalized spacial score (nSPS) is 16.1. The van der Waals surface area contributed by atoms with Gasteiger partial charge in [-0.2, -0.15) is 0 Å². The Hall–Kier alpha value is -0.830. The smallest absolute Gasteiger partial charge is 0.191 e. The average molecular weight is 479 g/mol. The Labute approximate surface area is 169 Å². The van der Waals surface area contributed by atoms with E-state index in [1.54, 1.807) is 24.3 Å². The largest absolute Gasteiger partial charge is 0.357 e. The zero-order chi connectivity index (χ0) is 17.3. The fourth-order valence-electron chi connectivity index (χ4n) is 2.95. The van der Waals surface area contributed by atoms with Crippen LogP contribution < -0.4 is 10.6 Å². The lowest BCUT2D eigenvalue weighted by molar-refractivity contribution is 0.410. The summed E-state index contributed by atoms with van der Waals surface area (Å²) in [5.74, 6) is 0.935. The predicted octanol–water partition coefficient (Wildman–Crippen LogP) is 3.36. The van der Waals surface area contributed by atoms with E-state index in [2.05, 4.69) is 15.6 Å². The molecule has 25 heavy (non-hydrogen) atoms. The fourth-order valence-corrected chi connectivity index (χ4v) is 4.27. The van der Waals surface area contributed by atoms with Crippen molar-refractivity contribution in [1.29, 1.82) is 0 Å². The third-order valence-electron chi connectivity index (χ3n) is 4.23. The van der Waals surface area contributed by atoms with Gasteiger partial charge in [0.15, 0.2) is 15.8 Å². The Morgan fingerprint density at radius 2 is 1.84 bits per heavy atom. The van der Waals surface area contributed by atoms with Gasteiger partial charge in [-0.05, 0) is 38.3 Å². The van der Waals surface area contributed by atoms with Crippen molar-refractivity contribution in [3.05, 3.63) is 30.3 Å². The first-order chi connectivity index (χ1) is 11.6. The molecule has 1 aliphatic rings. The number of rotatable bonds is 7. The summed E-state index contributed by atoms with van der Waals surface area (Å²) in [6.45, 7) is 3.35. The van der Waals surface area contributed by atoms with E-state index in [9.17, 15) is 8.42 Å². The van der Waals surface area contributed by atoms with Gasteiger partial charge < -0.3 is 10.6 Å². The molecular weight excluding hydrogens is 449 g/mol. The van der Waals surface area contributed by atoms with Gasteiger partial charge in [-0.15, -0.1) is 24.0 Å². The van der Waals surface area contributed by atoms with Gasteiger partial charge in [-0.3, -0.25) is 4.99 Å². The van der Waals surface area contributed by atoms with Crippen LogP contribution in [0.15, 0.2) is 40.2 Å². The van der Waals surface area contributed by atoms with Crippen LogP contribution >= 0.6 is 24.0 Å². The van der Waals surface area contributed by atoms with Gasteiger partial charge in [0.1, 0.15) is 0 Å². The number of nitrogens with zero attached hydrogens (tertiary/aromatic N) is 1. The van der Waals surface area contributed by atoms with E-state index in [0.717, 1.165) is 12.5 Å². The van der Waals surface area contributed by atoms with Gasteiger partial charge >= 0.3 is 0 Å². The third kappa shape index (κ3) is 7.94. The molecule has 0 saturated heterocycles. The van der Waals surface area contributed by atoms with Crippen LogP contribution in [0.1, 0.15) is 45.4 Å². The Morgan fingerprint density at radius 1 is 1.16 bits per heavy atom. The summed E-state index contributed by atoms with van der Waals surface area (Å²) in [7, 11) is -3.21. The number of sulfone groups is 1. The number of benzene rings is 1. The van der Waals surface area contributed by atoms with Crippen molar-refractivity contribution in [1.82, 2.24) is 10.6 Å². The summed E-state index contributed by atoms with van der Waals surface area (Å²) in [4.78, 5) is 4.92. The van der Waals surface area contributed by atoms with E-state index < -0.39 is 9.84 Å². The number of hydrogen-bond donors (Lipinski definition) is 2. The number of hydrogen-bond acceptors (Lipinski definition) is 3. The van der Waals surface area contributed by atoms with E-state index in [4.69, 9.17) is 0 Å². The molecule has 0 bridgehead atoms. The fraction of sp³-hybridized carbons (Fsp3) is 0.611. The minimum absolute atomic E-state index is 0. The van der Waals surface area contributed by atoms with Crippen molar-refractivity contribution in [2.45, 2.75) is 56.4 Å². The Morgan fingerprint density at radius 3 is 2.48 bits per heavy atom. The lowest BCUT2D eigenvalue weighted by Crippen LogP contribution is -2.44. The number of halogens is 1. The van der Waals surface area contributed by atoms with E-state index in [0.29, 0.717) is 23.9 Å². The quantitative estimate of drug-likeness (QED) is 0.272. The van der Waals surface area contributed by atoms with Crippen molar-refractivity contribution in [3.8, 4) is 0 Å². The maximum Gasteiger partial charge on any atom is 0.191 e. The highest BCUT2D eigenvalue weighted by atomic mass is 127. The molecule has 7 heteroatoms. The maximum atomic E-state index is 12.2. The van der Waals surface area contributed by atoms with Gasteiger partial charge in [0.25, 0.3) is 0 Å². The Kier molecular flexibility index (Phi) is 10.4. The van der Waals surface area contributed by atoms with Gasteiger partial charge in [0, 0.05) is 19.1 Å². The van der Waals surface area contributed by atoms with Crippen LogP contribution in [0, 0.1) is 0 Å². The second-order valence-corrected chi connectivity index (χ2v) is 8.33. The van der Waals surface area contributed by atoms with E-state index in [-0.39, 0.29) is 29.7 Å². The molecule has 0 unspecified atom stereocenters. The zero-order valence-corrected chi connectivity index (χ0v) is 18.1. The molecule has 0 heterocycles.